The highest BCUT2D eigenvalue weighted by Gasteiger charge is 2.19. The molecule has 84 valence electrons. The zero-order chi connectivity index (χ0) is 11.7. The van der Waals surface area contributed by atoms with E-state index in [0.29, 0.717) is 9.66 Å². The Morgan fingerprint density at radius 3 is 1.62 bits per heavy atom. The van der Waals surface area contributed by atoms with Gasteiger partial charge < -0.3 is 9.47 Å². The third kappa shape index (κ3) is 1.76. The zero-order valence-corrected chi connectivity index (χ0v) is 9.98. The van der Waals surface area contributed by atoms with Crippen molar-refractivity contribution in [1.82, 2.24) is 9.97 Å². The van der Waals surface area contributed by atoms with Gasteiger partial charge in [0.15, 0.2) is 9.66 Å². The molecular weight excluding hydrogens is 252 g/mol. The van der Waals surface area contributed by atoms with Gasteiger partial charge in [0.25, 0.3) is 0 Å². The Morgan fingerprint density at radius 1 is 0.938 bits per heavy atom. The Kier molecular flexibility index (Phi) is 2.84. The van der Waals surface area contributed by atoms with Crippen LogP contribution in [0.5, 0.6) is 0 Å². The zero-order valence-electron chi connectivity index (χ0n) is 8.34. The lowest BCUT2D eigenvalue weighted by Crippen LogP contribution is -2.00. The summed E-state index contributed by atoms with van der Waals surface area (Å²) in [6.07, 6.45) is 0. The van der Waals surface area contributed by atoms with Crippen LogP contribution in [0.3, 0.4) is 0 Å². The third-order valence-corrected chi connectivity index (χ3v) is 3.68. The van der Waals surface area contributed by atoms with Gasteiger partial charge in [-0.1, -0.05) is 22.7 Å². The minimum absolute atomic E-state index is 0.229. The largest absolute Gasteiger partial charge is 0.464 e. The molecule has 0 aliphatic carbocycles. The van der Waals surface area contributed by atoms with Crippen molar-refractivity contribution in [3.05, 3.63) is 10.0 Å². The van der Waals surface area contributed by atoms with Crippen LogP contribution in [0.2, 0.25) is 0 Å². The molecule has 2 heterocycles. The van der Waals surface area contributed by atoms with Gasteiger partial charge in [-0.25, -0.2) is 19.6 Å². The van der Waals surface area contributed by atoms with Gasteiger partial charge in [-0.15, -0.1) is 0 Å². The normalized spacial score (nSPS) is 10.4. The highest BCUT2D eigenvalue weighted by molar-refractivity contribution is 7.27. The Morgan fingerprint density at radius 2 is 1.31 bits per heavy atom. The lowest BCUT2D eigenvalue weighted by atomic mass is 10.7. The number of carbonyl (C=O) groups excluding carboxylic acids is 2. The number of fused-ring (bicyclic) bond motifs is 1. The summed E-state index contributed by atoms with van der Waals surface area (Å²) in [5.74, 6) is -1.01. The third-order valence-electron chi connectivity index (χ3n) is 1.70. The minimum Gasteiger partial charge on any atom is -0.464 e. The molecule has 0 radical (unpaired) electrons. The van der Waals surface area contributed by atoms with Crippen molar-refractivity contribution in [2.75, 3.05) is 14.2 Å². The van der Waals surface area contributed by atoms with Crippen LogP contribution in [0.4, 0.5) is 0 Å². The summed E-state index contributed by atoms with van der Waals surface area (Å²) < 4.78 is 9.06. The fourth-order valence-electron chi connectivity index (χ4n) is 0.991. The van der Waals surface area contributed by atoms with Crippen molar-refractivity contribution >= 4 is 44.3 Å². The highest BCUT2D eigenvalue weighted by Crippen LogP contribution is 2.27. The molecule has 0 aliphatic rings. The molecule has 0 aromatic carbocycles. The number of hydrogen-bond donors (Lipinski definition) is 0. The summed E-state index contributed by atoms with van der Waals surface area (Å²) in [7, 11) is 2.57. The molecule has 0 amide bonds. The topological polar surface area (TPSA) is 78.4 Å². The number of aromatic nitrogens is 2. The van der Waals surface area contributed by atoms with Crippen molar-refractivity contribution in [2.24, 2.45) is 0 Å². The molecule has 16 heavy (non-hydrogen) atoms. The molecule has 6 nitrogen and oxygen atoms in total. The van der Waals surface area contributed by atoms with E-state index in [0.717, 1.165) is 22.7 Å². The van der Waals surface area contributed by atoms with Gasteiger partial charge >= 0.3 is 11.9 Å². The van der Waals surface area contributed by atoms with Crippen LogP contribution in [0.15, 0.2) is 0 Å². The van der Waals surface area contributed by atoms with Crippen LogP contribution >= 0.6 is 22.7 Å². The summed E-state index contributed by atoms with van der Waals surface area (Å²) in [6, 6.07) is 0. The van der Waals surface area contributed by atoms with Crippen molar-refractivity contribution < 1.29 is 19.1 Å². The number of thiazole rings is 2. The van der Waals surface area contributed by atoms with Crippen LogP contribution in [0.25, 0.3) is 9.66 Å². The van der Waals surface area contributed by atoms with E-state index in [4.69, 9.17) is 0 Å². The predicted molar refractivity (Wildman–Crippen MR) is 58.0 cm³/mol. The Bertz CT molecular complexity index is 482. The standard InChI is InChI=1S/C8H6N2O4S2/c1-13-7(11)5-9-3-4(15-5)10-6(16-3)8(12)14-2/h1-2H3. The summed E-state index contributed by atoms with van der Waals surface area (Å²) in [4.78, 5) is 31.4. The molecule has 2 aromatic rings. The molecule has 0 unspecified atom stereocenters. The van der Waals surface area contributed by atoms with Gasteiger partial charge in [0.2, 0.25) is 10.0 Å². The number of esters is 2. The van der Waals surface area contributed by atoms with E-state index in [1.165, 1.54) is 14.2 Å². The first kappa shape index (κ1) is 11.0. The second-order valence-electron chi connectivity index (χ2n) is 2.63. The van der Waals surface area contributed by atoms with Gasteiger partial charge in [0.05, 0.1) is 14.2 Å². The van der Waals surface area contributed by atoms with E-state index < -0.39 is 11.9 Å². The van der Waals surface area contributed by atoms with Crippen LogP contribution in [0, 0.1) is 0 Å². The summed E-state index contributed by atoms with van der Waals surface area (Å²) in [6.45, 7) is 0. The number of methoxy groups -OCH3 is 2. The first-order valence-corrected chi connectivity index (χ1v) is 5.73. The maximum absolute atomic E-state index is 11.2. The molecule has 0 saturated carbocycles. The molecule has 2 aromatic heterocycles. The number of ether oxygens (including phenoxy) is 2. The van der Waals surface area contributed by atoms with E-state index >= 15 is 0 Å². The smallest absolute Gasteiger partial charge is 0.367 e. The maximum atomic E-state index is 11.2. The lowest BCUT2D eigenvalue weighted by molar-refractivity contribution is 0.0592. The lowest BCUT2D eigenvalue weighted by Gasteiger charge is -1.91. The Hall–Kier alpha value is -1.54. The van der Waals surface area contributed by atoms with E-state index in [9.17, 15) is 9.59 Å². The molecular formula is C8H6N2O4S2. The minimum atomic E-state index is -0.505. The maximum Gasteiger partial charge on any atom is 0.367 e. The first-order valence-electron chi connectivity index (χ1n) is 4.09. The summed E-state index contributed by atoms with van der Waals surface area (Å²) in [5.41, 5.74) is 0. The van der Waals surface area contributed by atoms with Gasteiger partial charge in [-0.3, -0.25) is 0 Å². The van der Waals surface area contributed by atoms with Crippen molar-refractivity contribution in [2.45, 2.75) is 0 Å². The molecule has 2 rings (SSSR count). The number of carbonyl (C=O) groups is 2. The summed E-state index contributed by atoms with van der Waals surface area (Å²) >= 11 is 2.17. The van der Waals surface area contributed by atoms with Gasteiger partial charge in [0.1, 0.15) is 0 Å². The molecule has 8 heteroatoms. The van der Waals surface area contributed by atoms with E-state index in [2.05, 4.69) is 19.4 Å². The van der Waals surface area contributed by atoms with Gasteiger partial charge in [-0.2, -0.15) is 0 Å². The molecule has 0 atom stereocenters. The molecule has 0 N–H and O–H groups in total. The fourth-order valence-corrected chi connectivity index (χ4v) is 2.87. The Balaban J connectivity index is 2.40. The number of hydrogen-bond acceptors (Lipinski definition) is 8. The van der Waals surface area contributed by atoms with Gasteiger partial charge in [0, 0.05) is 0 Å². The van der Waals surface area contributed by atoms with Crippen molar-refractivity contribution in [1.29, 1.82) is 0 Å². The van der Waals surface area contributed by atoms with E-state index in [1.54, 1.807) is 0 Å². The van der Waals surface area contributed by atoms with E-state index in [-0.39, 0.29) is 10.0 Å². The molecule has 0 bridgehead atoms. The fraction of sp³-hybridized carbons (Fsp3) is 0.250. The molecule has 0 saturated heterocycles. The van der Waals surface area contributed by atoms with Crippen LogP contribution < -0.4 is 0 Å². The van der Waals surface area contributed by atoms with Gasteiger partial charge in [-0.05, 0) is 0 Å². The quantitative estimate of drug-likeness (QED) is 0.756. The SMILES string of the molecule is COC(=O)c1nc2sc(C(=O)OC)nc2s1. The van der Waals surface area contributed by atoms with Crippen molar-refractivity contribution in [3.63, 3.8) is 0 Å². The second kappa shape index (κ2) is 4.14. The van der Waals surface area contributed by atoms with E-state index in [1.807, 2.05) is 0 Å². The van der Waals surface area contributed by atoms with Crippen LogP contribution in [-0.2, 0) is 9.47 Å². The monoisotopic (exact) mass is 258 g/mol. The van der Waals surface area contributed by atoms with Crippen molar-refractivity contribution in [3.8, 4) is 0 Å². The average molecular weight is 258 g/mol. The van der Waals surface area contributed by atoms with Crippen LogP contribution in [-0.4, -0.2) is 36.1 Å². The molecule has 0 fully saturated rings. The average Bonchev–Trinajstić information content (AvgIpc) is 2.84. The number of rotatable bonds is 2. The molecule has 0 aliphatic heterocycles. The predicted octanol–water partition coefficient (Wildman–Crippen LogP) is 1.33. The highest BCUT2D eigenvalue weighted by atomic mass is 32.1. The number of nitrogens with zero attached hydrogens (tertiary/aromatic N) is 2. The molecule has 0 spiro atoms. The van der Waals surface area contributed by atoms with Crippen LogP contribution in [0.1, 0.15) is 19.6 Å². The second-order valence-corrected chi connectivity index (χ2v) is 4.59. The Labute approximate surface area is 97.8 Å². The first-order chi connectivity index (χ1) is 7.65. The summed E-state index contributed by atoms with van der Waals surface area (Å²) in [5, 5.41) is 0.459.